The van der Waals surface area contributed by atoms with Crippen LogP contribution in [0.25, 0.3) is 11.3 Å². The van der Waals surface area contributed by atoms with Crippen LogP contribution < -0.4 is 10.1 Å². The van der Waals surface area contributed by atoms with Crippen LogP contribution in [0, 0.1) is 0 Å². The van der Waals surface area contributed by atoms with Crippen LogP contribution in [-0.2, 0) is 16.1 Å². The predicted octanol–water partition coefficient (Wildman–Crippen LogP) is 1.92. The number of hydrogen-bond acceptors (Lipinski definition) is 5. The first-order valence-corrected chi connectivity index (χ1v) is 8.92. The van der Waals surface area contributed by atoms with Gasteiger partial charge in [0.15, 0.2) is 6.61 Å². The number of carbonyl (C=O) groups excluding carboxylic acids is 1. The Kier molecular flexibility index (Phi) is 6.03. The van der Waals surface area contributed by atoms with E-state index in [1.165, 1.54) is 0 Å². The summed E-state index contributed by atoms with van der Waals surface area (Å²) >= 11 is 0. The Labute approximate surface area is 158 Å². The molecule has 7 heteroatoms. The van der Waals surface area contributed by atoms with Gasteiger partial charge in [0, 0.05) is 49.4 Å². The number of aromatic nitrogens is 1. The van der Waals surface area contributed by atoms with Gasteiger partial charge in [-0.25, -0.2) is 4.79 Å². The van der Waals surface area contributed by atoms with Gasteiger partial charge in [0.2, 0.25) is 5.91 Å². The SMILES string of the molecule is CC1CNC(=O)CCN1Cc1cc(-c2ccccn2)ccc1OCC(=O)O. The Bertz CT molecular complexity index is 810. The van der Waals surface area contributed by atoms with Crippen LogP contribution in [-0.4, -0.2) is 52.6 Å². The number of nitrogens with one attached hydrogen (secondary N) is 1. The van der Waals surface area contributed by atoms with E-state index < -0.39 is 12.6 Å². The molecule has 2 aromatic rings. The highest BCUT2D eigenvalue weighted by Gasteiger charge is 2.22. The standard InChI is InChI=1S/C20H23N3O4/c1-14-11-22-19(24)7-9-23(14)12-16-10-15(17-4-2-3-8-21-17)5-6-18(16)27-13-20(25)26/h2-6,8,10,14H,7,9,11-13H2,1H3,(H,22,24)(H,25,26). The van der Waals surface area contributed by atoms with Crippen molar-refractivity contribution < 1.29 is 19.4 Å². The van der Waals surface area contributed by atoms with E-state index >= 15 is 0 Å². The summed E-state index contributed by atoms with van der Waals surface area (Å²) in [6.07, 6.45) is 2.17. The van der Waals surface area contributed by atoms with E-state index in [2.05, 4.69) is 22.1 Å². The minimum Gasteiger partial charge on any atom is -0.482 e. The minimum atomic E-state index is -1.02. The lowest BCUT2D eigenvalue weighted by Crippen LogP contribution is -2.37. The van der Waals surface area contributed by atoms with Gasteiger partial charge in [-0.1, -0.05) is 6.07 Å². The zero-order valence-corrected chi connectivity index (χ0v) is 15.2. The maximum Gasteiger partial charge on any atom is 0.341 e. The second-order valence-electron chi connectivity index (χ2n) is 6.59. The van der Waals surface area contributed by atoms with Gasteiger partial charge in [-0.05, 0) is 37.3 Å². The first-order chi connectivity index (χ1) is 13.0. The molecular formula is C20H23N3O4. The molecule has 0 radical (unpaired) electrons. The quantitative estimate of drug-likeness (QED) is 0.808. The summed E-state index contributed by atoms with van der Waals surface area (Å²) in [7, 11) is 0. The van der Waals surface area contributed by atoms with E-state index in [1.807, 2.05) is 30.3 Å². The lowest BCUT2D eigenvalue weighted by Gasteiger charge is -2.27. The third kappa shape index (κ3) is 5.04. The van der Waals surface area contributed by atoms with Crippen LogP contribution >= 0.6 is 0 Å². The second-order valence-corrected chi connectivity index (χ2v) is 6.59. The van der Waals surface area contributed by atoms with Crippen molar-refractivity contribution in [3.8, 4) is 17.0 Å². The van der Waals surface area contributed by atoms with Crippen molar-refractivity contribution in [3.05, 3.63) is 48.2 Å². The van der Waals surface area contributed by atoms with Crippen molar-refractivity contribution in [2.45, 2.75) is 25.9 Å². The molecule has 1 amide bonds. The highest BCUT2D eigenvalue weighted by atomic mass is 16.5. The Balaban J connectivity index is 1.88. The zero-order valence-electron chi connectivity index (χ0n) is 15.2. The molecule has 0 bridgehead atoms. The summed E-state index contributed by atoms with van der Waals surface area (Å²) in [5.41, 5.74) is 2.65. The van der Waals surface area contributed by atoms with E-state index in [0.29, 0.717) is 31.8 Å². The number of ether oxygens (including phenoxy) is 1. The third-order valence-electron chi connectivity index (χ3n) is 4.59. The van der Waals surface area contributed by atoms with Crippen molar-refractivity contribution in [1.29, 1.82) is 0 Å². The summed E-state index contributed by atoms with van der Waals surface area (Å²) in [5.74, 6) is -0.436. The van der Waals surface area contributed by atoms with Gasteiger partial charge in [-0.2, -0.15) is 0 Å². The molecule has 1 aromatic carbocycles. The van der Waals surface area contributed by atoms with Gasteiger partial charge in [-0.15, -0.1) is 0 Å². The zero-order chi connectivity index (χ0) is 19.2. The predicted molar refractivity (Wildman–Crippen MR) is 100 cm³/mol. The van der Waals surface area contributed by atoms with Crippen molar-refractivity contribution in [2.24, 2.45) is 0 Å². The third-order valence-corrected chi connectivity index (χ3v) is 4.59. The Morgan fingerprint density at radius 3 is 2.96 bits per heavy atom. The van der Waals surface area contributed by atoms with Crippen molar-refractivity contribution in [1.82, 2.24) is 15.2 Å². The molecule has 27 heavy (non-hydrogen) atoms. The average molecular weight is 369 g/mol. The van der Waals surface area contributed by atoms with E-state index in [-0.39, 0.29) is 11.9 Å². The molecule has 1 aliphatic rings. The smallest absolute Gasteiger partial charge is 0.341 e. The van der Waals surface area contributed by atoms with Crippen molar-refractivity contribution >= 4 is 11.9 Å². The highest BCUT2D eigenvalue weighted by Crippen LogP contribution is 2.27. The van der Waals surface area contributed by atoms with Crippen molar-refractivity contribution in [2.75, 3.05) is 19.7 Å². The lowest BCUT2D eigenvalue weighted by molar-refractivity contribution is -0.139. The van der Waals surface area contributed by atoms with Gasteiger partial charge < -0.3 is 15.2 Å². The molecule has 0 spiro atoms. The number of nitrogens with zero attached hydrogens (tertiary/aromatic N) is 2. The molecule has 1 unspecified atom stereocenters. The number of carboxylic acid groups (broad SMARTS) is 1. The van der Waals surface area contributed by atoms with Crippen molar-refractivity contribution in [3.63, 3.8) is 0 Å². The van der Waals surface area contributed by atoms with Gasteiger partial charge in [0.1, 0.15) is 5.75 Å². The highest BCUT2D eigenvalue weighted by molar-refractivity contribution is 5.76. The first-order valence-electron chi connectivity index (χ1n) is 8.92. The maximum atomic E-state index is 11.7. The molecule has 1 aliphatic heterocycles. The normalized spacial score (nSPS) is 17.8. The molecule has 1 fully saturated rings. The van der Waals surface area contributed by atoms with Crippen LogP contribution in [0.3, 0.4) is 0 Å². The number of aliphatic carboxylic acids is 1. The van der Waals surface area contributed by atoms with Gasteiger partial charge in [0.05, 0.1) is 5.69 Å². The van der Waals surface area contributed by atoms with Crippen LogP contribution in [0.2, 0.25) is 0 Å². The molecule has 2 N–H and O–H groups in total. The van der Waals surface area contributed by atoms with Crippen LogP contribution in [0.5, 0.6) is 5.75 Å². The second kappa shape index (κ2) is 8.64. The number of rotatable bonds is 6. The number of carboxylic acids is 1. The molecule has 2 heterocycles. The Morgan fingerprint density at radius 1 is 1.37 bits per heavy atom. The summed E-state index contributed by atoms with van der Waals surface area (Å²) in [4.78, 5) is 29.2. The topological polar surface area (TPSA) is 91.8 Å². The number of amides is 1. The van der Waals surface area contributed by atoms with Gasteiger partial charge in [0.25, 0.3) is 0 Å². The molecule has 1 atom stereocenters. The Hall–Kier alpha value is -2.93. The number of benzene rings is 1. The van der Waals surface area contributed by atoms with Crippen LogP contribution in [0.1, 0.15) is 18.9 Å². The molecule has 7 nitrogen and oxygen atoms in total. The van der Waals surface area contributed by atoms with E-state index in [1.54, 1.807) is 12.3 Å². The fourth-order valence-corrected chi connectivity index (χ4v) is 3.07. The summed E-state index contributed by atoms with van der Waals surface area (Å²) < 4.78 is 5.49. The maximum absolute atomic E-state index is 11.7. The van der Waals surface area contributed by atoms with Gasteiger partial charge >= 0.3 is 5.97 Å². The van der Waals surface area contributed by atoms with Crippen LogP contribution in [0.15, 0.2) is 42.6 Å². The number of carbonyl (C=O) groups is 2. The first kappa shape index (κ1) is 18.8. The van der Waals surface area contributed by atoms with Crippen LogP contribution in [0.4, 0.5) is 0 Å². The fourth-order valence-electron chi connectivity index (χ4n) is 3.07. The molecule has 142 valence electrons. The monoisotopic (exact) mass is 369 g/mol. The van der Waals surface area contributed by atoms with E-state index in [0.717, 1.165) is 16.8 Å². The fraction of sp³-hybridized carbons (Fsp3) is 0.350. The largest absolute Gasteiger partial charge is 0.482 e. The molecule has 1 aromatic heterocycles. The molecule has 3 rings (SSSR count). The van der Waals surface area contributed by atoms with Gasteiger partial charge in [-0.3, -0.25) is 14.7 Å². The number of pyridine rings is 1. The molecule has 1 saturated heterocycles. The summed E-state index contributed by atoms with van der Waals surface area (Å²) in [5, 5.41) is 11.8. The summed E-state index contributed by atoms with van der Waals surface area (Å²) in [6.45, 7) is 3.45. The number of hydrogen-bond donors (Lipinski definition) is 2. The molecule has 0 saturated carbocycles. The minimum absolute atomic E-state index is 0.0499. The average Bonchev–Trinajstić information content (AvgIpc) is 2.83. The Morgan fingerprint density at radius 2 is 2.22 bits per heavy atom. The molecule has 0 aliphatic carbocycles. The summed E-state index contributed by atoms with van der Waals surface area (Å²) in [6, 6.07) is 11.5. The molecular weight excluding hydrogens is 346 g/mol. The lowest BCUT2D eigenvalue weighted by atomic mass is 10.1. The van der Waals surface area contributed by atoms with E-state index in [4.69, 9.17) is 9.84 Å². The van der Waals surface area contributed by atoms with E-state index in [9.17, 15) is 9.59 Å².